The van der Waals surface area contributed by atoms with Crippen molar-refractivity contribution in [2.45, 2.75) is 38.3 Å². The Bertz CT molecular complexity index is 593. The van der Waals surface area contributed by atoms with Crippen LogP contribution in [-0.2, 0) is 6.54 Å². The SMILES string of the molecule is CC1CCC(NCc2cccc(Cl)c2)c2ccccc21. The van der Waals surface area contributed by atoms with Gasteiger partial charge in [0, 0.05) is 17.6 Å². The maximum atomic E-state index is 6.04. The molecule has 0 saturated heterocycles. The lowest BCUT2D eigenvalue weighted by molar-refractivity contribution is 0.431. The van der Waals surface area contributed by atoms with E-state index in [4.69, 9.17) is 11.6 Å². The van der Waals surface area contributed by atoms with Gasteiger partial charge in [0.1, 0.15) is 0 Å². The summed E-state index contributed by atoms with van der Waals surface area (Å²) in [5, 5.41) is 4.49. The van der Waals surface area contributed by atoms with Gasteiger partial charge in [-0.1, -0.05) is 54.9 Å². The second-order valence-corrected chi connectivity index (χ2v) is 6.11. The highest BCUT2D eigenvalue weighted by Gasteiger charge is 2.23. The summed E-state index contributed by atoms with van der Waals surface area (Å²) in [6.45, 7) is 3.19. The standard InChI is InChI=1S/C18H20ClN/c1-13-9-10-18(17-8-3-2-7-16(13)17)20-12-14-5-4-6-15(19)11-14/h2-8,11,13,18,20H,9-10,12H2,1H3. The van der Waals surface area contributed by atoms with E-state index in [0.717, 1.165) is 11.6 Å². The number of hydrogen-bond acceptors (Lipinski definition) is 1. The van der Waals surface area contributed by atoms with E-state index in [9.17, 15) is 0 Å². The molecule has 0 radical (unpaired) electrons. The van der Waals surface area contributed by atoms with Crippen LogP contribution in [0.5, 0.6) is 0 Å². The van der Waals surface area contributed by atoms with Crippen LogP contribution >= 0.6 is 11.6 Å². The first kappa shape index (κ1) is 13.7. The highest BCUT2D eigenvalue weighted by Crippen LogP contribution is 2.37. The van der Waals surface area contributed by atoms with E-state index in [2.05, 4.69) is 42.6 Å². The average Bonchev–Trinajstić information content (AvgIpc) is 2.47. The molecular weight excluding hydrogens is 266 g/mol. The van der Waals surface area contributed by atoms with Crippen LogP contribution in [0.3, 0.4) is 0 Å². The van der Waals surface area contributed by atoms with Gasteiger partial charge in [-0.2, -0.15) is 0 Å². The topological polar surface area (TPSA) is 12.0 Å². The molecule has 2 unspecified atom stereocenters. The van der Waals surface area contributed by atoms with Crippen molar-refractivity contribution in [3.63, 3.8) is 0 Å². The molecule has 20 heavy (non-hydrogen) atoms. The highest BCUT2D eigenvalue weighted by atomic mass is 35.5. The van der Waals surface area contributed by atoms with E-state index in [1.165, 1.54) is 29.5 Å². The van der Waals surface area contributed by atoms with Crippen molar-refractivity contribution in [1.82, 2.24) is 5.32 Å². The zero-order chi connectivity index (χ0) is 13.9. The van der Waals surface area contributed by atoms with Crippen LogP contribution in [0, 0.1) is 0 Å². The molecule has 0 fully saturated rings. The van der Waals surface area contributed by atoms with E-state index in [1.54, 1.807) is 0 Å². The fourth-order valence-corrected chi connectivity index (χ4v) is 3.32. The second kappa shape index (κ2) is 5.99. The number of fused-ring (bicyclic) bond motifs is 1. The van der Waals surface area contributed by atoms with Gasteiger partial charge in [-0.25, -0.2) is 0 Å². The third-order valence-electron chi connectivity index (χ3n) is 4.23. The Morgan fingerprint density at radius 3 is 2.65 bits per heavy atom. The average molecular weight is 286 g/mol. The lowest BCUT2D eigenvalue weighted by atomic mass is 9.81. The van der Waals surface area contributed by atoms with Gasteiger partial charge in [0.15, 0.2) is 0 Å². The predicted molar refractivity (Wildman–Crippen MR) is 85.1 cm³/mol. The monoisotopic (exact) mass is 285 g/mol. The molecule has 1 aliphatic carbocycles. The first-order valence-electron chi connectivity index (χ1n) is 7.30. The largest absolute Gasteiger partial charge is 0.306 e. The summed E-state index contributed by atoms with van der Waals surface area (Å²) >= 11 is 6.04. The fourth-order valence-electron chi connectivity index (χ4n) is 3.10. The molecule has 0 aromatic heterocycles. The van der Waals surface area contributed by atoms with Gasteiger partial charge in [0.2, 0.25) is 0 Å². The van der Waals surface area contributed by atoms with Gasteiger partial charge in [0.05, 0.1) is 0 Å². The minimum absolute atomic E-state index is 0.460. The molecule has 3 rings (SSSR count). The van der Waals surface area contributed by atoms with E-state index in [-0.39, 0.29) is 0 Å². The lowest BCUT2D eigenvalue weighted by Crippen LogP contribution is -2.25. The third kappa shape index (κ3) is 2.89. The molecule has 0 saturated carbocycles. The predicted octanol–water partition coefficient (Wildman–Crippen LogP) is 5.07. The second-order valence-electron chi connectivity index (χ2n) is 5.67. The van der Waals surface area contributed by atoms with Gasteiger partial charge in [0.25, 0.3) is 0 Å². The van der Waals surface area contributed by atoms with Gasteiger partial charge >= 0.3 is 0 Å². The lowest BCUT2D eigenvalue weighted by Gasteiger charge is -2.30. The zero-order valence-electron chi connectivity index (χ0n) is 11.8. The zero-order valence-corrected chi connectivity index (χ0v) is 12.5. The Kier molecular flexibility index (Phi) is 4.09. The molecule has 0 heterocycles. The molecule has 2 atom stereocenters. The number of halogens is 1. The molecule has 0 bridgehead atoms. The van der Waals surface area contributed by atoms with Crippen LogP contribution in [0.15, 0.2) is 48.5 Å². The Hall–Kier alpha value is -1.31. The molecule has 0 aliphatic heterocycles. The summed E-state index contributed by atoms with van der Waals surface area (Å²) in [5.74, 6) is 0.676. The van der Waals surface area contributed by atoms with Crippen LogP contribution in [-0.4, -0.2) is 0 Å². The number of nitrogens with one attached hydrogen (secondary N) is 1. The minimum Gasteiger partial charge on any atom is -0.306 e. The maximum Gasteiger partial charge on any atom is 0.0409 e. The normalized spacial score (nSPS) is 21.5. The van der Waals surface area contributed by atoms with Crippen molar-refractivity contribution in [2.75, 3.05) is 0 Å². The Balaban J connectivity index is 1.74. The van der Waals surface area contributed by atoms with Gasteiger partial charge in [-0.05, 0) is 47.6 Å². The van der Waals surface area contributed by atoms with E-state index in [1.807, 2.05) is 18.2 Å². The molecule has 0 amide bonds. The van der Waals surface area contributed by atoms with Gasteiger partial charge in [-0.15, -0.1) is 0 Å². The van der Waals surface area contributed by atoms with Crippen LogP contribution < -0.4 is 5.32 Å². The molecule has 1 aliphatic rings. The van der Waals surface area contributed by atoms with E-state index in [0.29, 0.717) is 12.0 Å². The van der Waals surface area contributed by atoms with Crippen molar-refractivity contribution in [3.8, 4) is 0 Å². The van der Waals surface area contributed by atoms with Crippen molar-refractivity contribution in [3.05, 3.63) is 70.2 Å². The fraction of sp³-hybridized carbons (Fsp3) is 0.333. The summed E-state index contributed by atoms with van der Waals surface area (Å²) in [4.78, 5) is 0. The molecule has 1 nitrogen and oxygen atoms in total. The van der Waals surface area contributed by atoms with Crippen LogP contribution in [0.25, 0.3) is 0 Å². The number of hydrogen-bond donors (Lipinski definition) is 1. The molecule has 2 aromatic carbocycles. The van der Waals surface area contributed by atoms with Gasteiger partial charge in [-0.3, -0.25) is 0 Å². The van der Waals surface area contributed by atoms with Crippen molar-refractivity contribution in [2.24, 2.45) is 0 Å². The molecular formula is C18H20ClN. The first-order valence-corrected chi connectivity index (χ1v) is 7.68. The highest BCUT2D eigenvalue weighted by molar-refractivity contribution is 6.30. The number of rotatable bonds is 3. The summed E-state index contributed by atoms with van der Waals surface area (Å²) in [6, 6.07) is 17.4. The maximum absolute atomic E-state index is 6.04. The van der Waals surface area contributed by atoms with E-state index < -0.39 is 0 Å². The molecule has 104 valence electrons. The summed E-state index contributed by atoms with van der Waals surface area (Å²) < 4.78 is 0. The van der Waals surface area contributed by atoms with Gasteiger partial charge < -0.3 is 5.32 Å². The van der Waals surface area contributed by atoms with Crippen molar-refractivity contribution < 1.29 is 0 Å². The summed E-state index contributed by atoms with van der Waals surface area (Å²) in [7, 11) is 0. The molecule has 1 N–H and O–H groups in total. The molecule has 2 heteroatoms. The minimum atomic E-state index is 0.460. The van der Waals surface area contributed by atoms with Crippen LogP contribution in [0.1, 0.15) is 48.4 Å². The van der Waals surface area contributed by atoms with Crippen LogP contribution in [0.2, 0.25) is 5.02 Å². The van der Waals surface area contributed by atoms with Crippen molar-refractivity contribution >= 4 is 11.6 Å². The summed E-state index contributed by atoms with van der Waals surface area (Å²) in [5.41, 5.74) is 4.21. The molecule has 0 spiro atoms. The quantitative estimate of drug-likeness (QED) is 0.830. The first-order chi connectivity index (χ1) is 9.74. The Labute approximate surface area is 126 Å². The number of benzene rings is 2. The smallest absolute Gasteiger partial charge is 0.0409 e. The third-order valence-corrected chi connectivity index (χ3v) is 4.47. The van der Waals surface area contributed by atoms with Crippen LogP contribution in [0.4, 0.5) is 0 Å². The molecule has 2 aromatic rings. The Morgan fingerprint density at radius 1 is 1.05 bits per heavy atom. The Morgan fingerprint density at radius 2 is 1.85 bits per heavy atom. The summed E-state index contributed by atoms with van der Waals surface area (Å²) in [6.07, 6.45) is 2.46. The van der Waals surface area contributed by atoms with E-state index >= 15 is 0 Å². The van der Waals surface area contributed by atoms with Crippen molar-refractivity contribution in [1.29, 1.82) is 0 Å².